The number of pyridine rings is 1. The predicted molar refractivity (Wildman–Crippen MR) is 154 cm³/mol. The molecule has 3 aromatic carbocycles. The lowest BCUT2D eigenvalue weighted by molar-refractivity contribution is 0.200. The van der Waals surface area contributed by atoms with Crippen LogP contribution >= 0.6 is 0 Å². The first kappa shape index (κ1) is 25.9. The number of halogens is 1. The highest BCUT2D eigenvalue weighted by molar-refractivity contribution is 5.79. The highest BCUT2D eigenvalue weighted by atomic mass is 19.1. The van der Waals surface area contributed by atoms with Crippen molar-refractivity contribution in [2.75, 3.05) is 31.1 Å². The molecule has 9 heteroatoms. The van der Waals surface area contributed by atoms with E-state index in [1.54, 1.807) is 16.8 Å². The van der Waals surface area contributed by atoms with E-state index in [1.807, 2.05) is 25.1 Å². The second-order valence-electron chi connectivity index (χ2n) is 10.7. The van der Waals surface area contributed by atoms with Gasteiger partial charge in [0.1, 0.15) is 11.9 Å². The van der Waals surface area contributed by atoms with E-state index in [0.717, 1.165) is 48.2 Å². The van der Waals surface area contributed by atoms with Gasteiger partial charge in [-0.3, -0.25) is 9.69 Å². The Morgan fingerprint density at radius 1 is 0.900 bits per heavy atom. The zero-order valence-corrected chi connectivity index (χ0v) is 22.9. The Bertz CT molecular complexity index is 1720. The molecular weight excluding hydrogens is 505 g/mol. The molecule has 1 fully saturated rings. The van der Waals surface area contributed by atoms with Crippen molar-refractivity contribution in [1.29, 1.82) is 0 Å². The van der Waals surface area contributed by atoms with Crippen molar-refractivity contribution >= 4 is 16.6 Å². The number of nitrogens with one attached hydrogen (secondary N) is 1. The summed E-state index contributed by atoms with van der Waals surface area (Å²) < 4.78 is 15.3. The van der Waals surface area contributed by atoms with E-state index >= 15 is 0 Å². The zero-order valence-electron chi connectivity index (χ0n) is 22.9. The summed E-state index contributed by atoms with van der Waals surface area (Å²) in [4.78, 5) is 21.3. The number of piperazine rings is 1. The van der Waals surface area contributed by atoms with Crippen LogP contribution in [0.25, 0.3) is 10.9 Å². The molecule has 0 saturated carbocycles. The first-order chi connectivity index (χ1) is 19.4. The third-order valence-electron chi connectivity index (χ3n) is 7.76. The first-order valence-corrected chi connectivity index (χ1v) is 13.6. The Kier molecular flexibility index (Phi) is 6.89. The van der Waals surface area contributed by atoms with Crippen LogP contribution < -0.4 is 10.5 Å². The Morgan fingerprint density at radius 2 is 1.62 bits per heavy atom. The second-order valence-corrected chi connectivity index (χ2v) is 10.7. The smallest absolute Gasteiger partial charge is 0.253 e. The van der Waals surface area contributed by atoms with Crippen LogP contribution in [0.3, 0.4) is 0 Å². The molecule has 1 saturated heterocycles. The zero-order chi connectivity index (χ0) is 27.8. The first-order valence-electron chi connectivity index (χ1n) is 13.6. The molecule has 1 aliphatic heterocycles. The summed E-state index contributed by atoms with van der Waals surface area (Å²) in [6.45, 7) is 9.74. The fourth-order valence-electron chi connectivity index (χ4n) is 5.61. The molecule has 1 unspecified atom stereocenters. The highest BCUT2D eigenvalue weighted by Gasteiger charge is 2.33. The van der Waals surface area contributed by atoms with Gasteiger partial charge in [-0.1, -0.05) is 35.9 Å². The summed E-state index contributed by atoms with van der Waals surface area (Å²) in [5.74, 6) is 0.292. The van der Waals surface area contributed by atoms with E-state index < -0.39 is 6.04 Å². The average molecular weight is 538 g/mol. The number of fused-ring (bicyclic) bond motifs is 1. The van der Waals surface area contributed by atoms with Crippen molar-refractivity contribution in [2.45, 2.75) is 33.4 Å². The number of nitrogens with zero attached hydrogens (tertiary/aromatic N) is 6. The summed E-state index contributed by atoms with van der Waals surface area (Å²) in [6, 6.07) is 20.4. The molecular formula is C31H32FN7O. The van der Waals surface area contributed by atoms with Gasteiger partial charge in [-0.25, -0.2) is 9.07 Å². The quantitative estimate of drug-likeness (QED) is 0.343. The Labute approximate surface area is 232 Å². The van der Waals surface area contributed by atoms with Gasteiger partial charge >= 0.3 is 0 Å². The normalized spacial score (nSPS) is 15.1. The van der Waals surface area contributed by atoms with Gasteiger partial charge in [0.25, 0.3) is 5.56 Å². The number of aromatic amines is 1. The number of aromatic nitrogens is 5. The Morgan fingerprint density at radius 3 is 2.40 bits per heavy atom. The lowest BCUT2D eigenvalue weighted by Gasteiger charge is -2.40. The molecule has 204 valence electrons. The van der Waals surface area contributed by atoms with Gasteiger partial charge in [0.05, 0.1) is 6.54 Å². The minimum absolute atomic E-state index is 0.158. The largest absolute Gasteiger partial charge is 0.369 e. The number of H-pyrrole nitrogens is 1. The second kappa shape index (κ2) is 10.7. The fraction of sp³-hybridized carbons (Fsp3) is 0.290. The SMILES string of the molecule is Cc1ccc(C)c(N2CCN(C(c3cc4cc(C)ccc4[nH]c3=O)c3nnnn3Cc3ccc(F)cc3)CC2)c1. The third kappa shape index (κ3) is 5.12. The van der Waals surface area contributed by atoms with E-state index in [-0.39, 0.29) is 11.4 Å². The van der Waals surface area contributed by atoms with Crippen LogP contribution in [0.4, 0.5) is 10.1 Å². The van der Waals surface area contributed by atoms with Crippen LogP contribution in [0.1, 0.15) is 39.7 Å². The van der Waals surface area contributed by atoms with Crippen LogP contribution in [0.15, 0.2) is 71.5 Å². The summed E-state index contributed by atoms with van der Waals surface area (Å²) in [5.41, 5.74) is 6.96. The minimum atomic E-state index is -0.454. The van der Waals surface area contributed by atoms with Gasteiger partial charge in [0.15, 0.2) is 5.82 Å². The van der Waals surface area contributed by atoms with Gasteiger partial charge in [0, 0.05) is 42.9 Å². The van der Waals surface area contributed by atoms with Crippen molar-refractivity contribution < 1.29 is 4.39 Å². The molecule has 8 nitrogen and oxygen atoms in total. The van der Waals surface area contributed by atoms with Crippen LogP contribution in [0.2, 0.25) is 0 Å². The van der Waals surface area contributed by atoms with Crippen molar-refractivity contribution in [3.05, 3.63) is 117 Å². The van der Waals surface area contributed by atoms with Crippen molar-refractivity contribution in [2.24, 2.45) is 0 Å². The van der Waals surface area contributed by atoms with Gasteiger partial charge < -0.3 is 9.88 Å². The average Bonchev–Trinajstić information content (AvgIpc) is 3.40. The van der Waals surface area contributed by atoms with E-state index in [4.69, 9.17) is 0 Å². The lowest BCUT2D eigenvalue weighted by Crippen LogP contribution is -2.49. The molecule has 1 aliphatic rings. The molecule has 0 radical (unpaired) electrons. The number of hydrogen-bond donors (Lipinski definition) is 1. The van der Waals surface area contributed by atoms with Crippen LogP contribution in [-0.4, -0.2) is 56.3 Å². The highest BCUT2D eigenvalue weighted by Crippen LogP contribution is 2.30. The fourth-order valence-corrected chi connectivity index (χ4v) is 5.61. The Balaban J connectivity index is 1.39. The third-order valence-corrected chi connectivity index (χ3v) is 7.76. The molecule has 40 heavy (non-hydrogen) atoms. The summed E-state index contributed by atoms with van der Waals surface area (Å²) in [5, 5.41) is 13.7. The van der Waals surface area contributed by atoms with Crippen LogP contribution in [-0.2, 0) is 6.54 Å². The molecule has 0 aliphatic carbocycles. The molecule has 5 aromatic rings. The van der Waals surface area contributed by atoms with E-state index in [2.05, 4.69) is 68.4 Å². The molecule has 0 bridgehead atoms. The maximum Gasteiger partial charge on any atom is 0.253 e. The number of benzene rings is 3. The monoisotopic (exact) mass is 537 g/mol. The number of hydrogen-bond acceptors (Lipinski definition) is 6. The number of aryl methyl sites for hydroxylation is 3. The molecule has 2 aromatic heterocycles. The standard InChI is InChI=1S/C31H32FN7O/c1-20-5-11-27-24(16-20)18-26(31(40)33-27)29(30-34-35-36-39(30)19-23-7-9-25(32)10-8-23)38-14-12-37(13-15-38)28-17-21(2)4-6-22(28)3/h4-11,16-18,29H,12-15,19H2,1-3H3,(H,33,40). The summed E-state index contributed by atoms with van der Waals surface area (Å²) >= 11 is 0. The van der Waals surface area contributed by atoms with Gasteiger partial charge in [-0.2, -0.15) is 0 Å². The van der Waals surface area contributed by atoms with E-state index in [0.29, 0.717) is 17.9 Å². The van der Waals surface area contributed by atoms with Gasteiger partial charge in [0.2, 0.25) is 0 Å². The Hall–Kier alpha value is -4.37. The van der Waals surface area contributed by atoms with E-state index in [9.17, 15) is 9.18 Å². The topological polar surface area (TPSA) is 82.9 Å². The van der Waals surface area contributed by atoms with E-state index in [1.165, 1.54) is 28.9 Å². The maximum absolute atomic E-state index is 13.6. The van der Waals surface area contributed by atoms with Gasteiger partial charge in [-0.05, 0) is 89.7 Å². The van der Waals surface area contributed by atoms with Crippen molar-refractivity contribution in [1.82, 2.24) is 30.1 Å². The lowest BCUT2D eigenvalue weighted by atomic mass is 10.0. The van der Waals surface area contributed by atoms with Gasteiger partial charge in [-0.15, -0.1) is 5.10 Å². The molecule has 0 amide bonds. The predicted octanol–water partition coefficient (Wildman–Crippen LogP) is 4.54. The van der Waals surface area contributed by atoms with Crippen LogP contribution in [0.5, 0.6) is 0 Å². The number of anilines is 1. The number of tetrazole rings is 1. The summed E-state index contributed by atoms with van der Waals surface area (Å²) in [7, 11) is 0. The van der Waals surface area contributed by atoms with Crippen LogP contribution in [0, 0.1) is 26.6 Å². The van der Waals surface area contributed by atoms with Crippen molar-refractivity contribution in [3.63, 3.8) is 0 Å². The maximum atomic E-state index is 13.6. The summed E-state index contributed by atoms with van der Waals surface area (Å²) in [6.07, 6.45) is 0. The number of rotatable bonds is 6. The van der Waals surface area contributed by atoms with Crippen molar-refractivity contribution in [3.8, 4) is 0 Å². The minimum Gasteiger partial charge on any atom is -0.369 e. The molecule has 0 spiro atoms. The molecule has 3 heterocycles. The molecule has 6 rings (SSSR count). The molecule has 1 N–H and O–H groups in total. The molecule has 1 atom stereocenters.